The van der Waals surface area contributed by atoms with Crippen LogP contribution >= 0.6 is 0 Å². The fraction of sp³-hybridized carbons (Fsp3) is 0.455. The Morgan fingerprint density at radius 2 is 1.22 bits per heavy atom. The third-order valence-electron chi connectivity index (χ3n) is 3.25. The van der Waals surface area contributed by atoms with Gasteiger partial charge in [0, 0.05) is 11.5 Å². The molecule has 0 bridgehead atoms. The molecule has 1 aromatic rings. The van der Waals surface area contributed by atoms with Crippen LogP contribution in [0.15, 0.2) is 0 Å². The molecule has 1 atom stereocenters. The monoisotopic (exact) mass is 284 g/mol. The zero-order valence-electron chi connectivity index (χ0n) is 10.4. The molecule has 0 saturated heterocycles. The summed E-state index contributed by atoms with van der Waals surface area (Å²) >= 11 is 0. The lowest BCUT2D eigenvalue weighted by atomic mass is 9.85. The van der Waals surface area contributed by atoms with Crippen LogP contribution in [-0.4, -0.2) is 16.1 Å². The number of hydrogen-bond acceptors (Lipinski definition) is 1. The van der Waals surface area contributed by atoms with Crippen molar-refractivity contribution in [1.29, 1.82) is 0 Å². The number of rotatable bonds is 3. The topological polar surface area (TPSA) is 9.23 Å². The van der Waals surface area contributed by atoms with E-state index in [1.54, 1.807) is 0 Å². The summed E-state index contributed by atoms with van der Waals surface area (Å²) in [7, 11) is 0.280. The zero-order chi connectivity index (χ0) is 14.2. The Balaban J connectivity index is 3.52. The molecule has 1 unspecified atom stereocenters. The molecule has 7 heteroatoms. The van der Waals surface area contributed by atoms with Crippen LogP contribution in [0.5, 0.6) is 0 Å². The Kier molecular flexibility index (Phi) is 4.17. The fourth-order valence-electron chi connectivity index (χ4n) is 1.53. The van der Waals surface area contributed by atoms with Crippen molar-refractivity contribution in [2.75, 3.05) is 0 Å². The maximum Gasteiger partial charge on any atom is 0.200 e. The lowest BCUT2D eigenvalue weighted by Gasteiger charge is -2.32. The summed E-state index contributed by atoms with van der Waals surface area (Å²) in [5.41, 5.74) is -1.85. The number of hydrogen-bond donors (Lipinski definition) is 0. The van der Waals surface area contributed by atoms with Crippen molar-refractivity contribution in [1.82, 2.24) is 0 Å². The van der Waals surface area contributed by atoms with Crippen LogP contribution in [-0.2, 0) is 4.43 Å². The Morgan fingerprint density at radius 3 is 1.56 bits per heavy atom. The summed E-state index contributed by atoms with van der Waals surface area (Å²) in [5.74, 6) is -10.6. The van der Waals surface area contributed by atoms with E-state index in [1.807, 2.05) is 0 Å². The largest absolute Gasteiger partial charge is 0.422 e. The van der Waals surface area contributed by atoms with Crippen molar-refractivity contribution in [2.45, 2.75) is 32.3 Å². The number of halogens is 5. The first-order chi connectivity index (χ1) is 8.15. The minimum absolute atomic E-state index is 0.280. The van der Waals surface area contributed by atoms with E-state index < -0.39 is 46.2 Å². The average molecular weight is 284 g/mol. The smallest absolute Gasteiger partial charge is 0.200 e. The van der Waals surface area contributed by atoms with Crippen molar-refractivity contribution in [3.8, 4) is 0 Å². The predicted molar refractivity (Wildman–Crippen MR) is 59.8 cm³/mol. The second kappa shape index (κ2) is 4.97. The van der Waals surface area contributed by atoms with Gasteiger partial charge in [0.15, 0.2) is 23.3 Å². The second-order valence-electron chi connectivity index (χ2n) is 4.51. The summed E-state index contributed by atoms with van der Waals surface area (Å²) in [6.07, 6.45) is 0. The van der Waals surface area contributed by atoms with Gasteiger partial charge in [0.05, 0.1) is 5.60 Å². The lowest BCUT2D eigenvalue weighted by Crippen LogP contribution is -2.32. The van der Waals surface area contributed by atoms with Gasteiger partial charge in [-0.1, -0.05) is 6.92 Å². The first kappa shape index (κ1) is 15.1. The molecular formula is C11H13F5OSi. The second-order valence-corrected chi connectivity index (χ2v) is 4.92. The normalized spacial score (nSPS) is 14.0. The molecule has 1 rings (SSSR count). The van der Waals surface area contributed by atoms with Crippen molar-refractivity contribution in [3.63, 3.8) is 0 Å². The molecule has 0 radical (unpaired) electrons. The van der Waals surface area contributed by atoms with Crippen LogP contribution in [0.1, 0.15) is 32.3 Å². The molecule has 0 aliphatic carbocycles. The highest BCUT2D eigenvalue weighted by atomic mass is 28.2. The summed E-state index contributed by atoms with van der Waals surface area (Å²) in [6, 6.07) is 0. The molecule has 0 heterocycles. The highest BCUT2D eigenvalue weighted by Crippen LogP contribution is 2.35. The molecule has 0 N–H and O–H groups in total. The lowest BCUT2D eigenvalue weighted by molar-refractivity contribution is 0.0920. The molecule has 18 heavy (non-hydrogen) atoms. The number of benzene rings is 1. The maximum absolute atomic E-state index is 13.6. The third-order valence-corrected chi connectivity index (χ3v) is 4.30. The van der Waals surface area contributed by atoms with Gasteiger partial charge in [-0.05, 0) is 13.8 Å². The Bertz CT molecular complexity index is 446. The van der Waals surface area contributed by atoms with E-state index in [4.69, 9.17) is 4.43 Å². The standard InChI is InChI=1S/C11H13F5OSi/c1-4(11(2,3)17-18)5-6(12)8(14)10(16)9(15)7(5)13/h4H,1-3,18H3. The molecule has 0 aliphatic heterocycles. The minimum atomic E-state index is -2.15. The molecule has 1 aromatic carbocycles. The minimum Gasteiger partial charge on any atom is -0.422 e. The van der Waals surface area contributed by atoms with Gasteiger partial charge in [-0.2, -0.15) is 0 Å². The zero-order valence-corrected chi connectivity index (χ0v) is 12.4. The van der Waals surface area contributed by atoms with Crippen molar-refractivity contribution >= 4 is 10.5 Å². The van der Waals surface area contributed by atoms with E-state index >= 15 is 0 Å². The predicted octanol–water partition coefficient (Wildman–Crippen LogP) is 2.56. The van der Waals surface area contributed by atoms with Crippen LogP contribution in [0.3, 0.4) is 0 Å². The van der Waals surface area contributed by atoms with Crippen LogP contribution in [0.4, 0.5) is 22.0 Å². The average Bonchev–Trinajstić information content (AvgIpc) is 2.34. The van der Waals surface area contributed by atoms with Gasteiger partial charge < -0.3 is 4.43 Å². The maximum atomic E-state index is 13.6. The van der Waals surface area contributed by atoms with E-state index in [0.717, 1.165) is 0 Å². The summed E-state index contributed by atoms with van der Waals surface area (Å²) in [5, 5.41) is 0. The van der Waals surface area contributed by atoms with Gasteiger partial charge in [0.25, 0.3) is 0 Å². The first-order valence-corrected chi connectivity index (χ1v) is 6.03. The van der Waals surface area contributed by atoms with Gasteiger partial charge >= 0.3 is 0 Å². The Hall–Kier alpha value is -0.953. The fourth-order valence-corrected chi connectivity index (χ4v) is 1.88. The van der Waals surface area contributed by atoms with Crippen LogP contribution in [0.2, 0.25) is 0 Å². The van der Waals surface area contributed by atoms with Gasteiger partial charge in [-0.15, -0.1) is 0 Å². The van der Waals surface area contributed by atoms with Crippen molar-refractivity contribution < 1.29 is 26.4 Å². The Labute approximate surface area is 104 Å². The molecule has 102 valence electrons. The van der Waals surface area contributed by atoms with E-state index in [-0.39, 0.29) is 10.5 Å². The molecule has 0 aromatic heterocycles. The highest BCUT2D eigenvalue weighted by molar-refractivity contribution is 5.98. The molecule has 0 saturated carbocycles. The van der Waals surface area contributed by atoms with Crippen molar-refractivity contribution in [3.05, 3.63) is 34.6 Å². The van der Waals surface area contributed by atoms with E-state index in [9.17, 15) is 22.0 Å². The molecule has 0 amide bonds. The van der Waals surface area contributed by atoms with E-state index in [0.29, 0.717) is 0 Å². The molecule has 0 aliphatic rings. The molecular weight excluding hydrogens is 271 g/mol. The first-order valence-electron chi connectivity index (χ1n) is 5.21. The van der Waals surface area contributed by atoms with Gasteiger partial charge in [-0.25, -0.2) is 22.0 Å². The van der Waals surface area contributed by atoms with Crippen LogP contribution in [0.25, 0.3) is 0 Å². The third kappa shape index (κ3) is 2.28. The highest BCUT2D eigenvalue weighted by Gasteiger charge is 2.35. The quantitative estimate of drug-likeness (QED) is 0.359. The Morgan fingerprint density at radius 1 is 0.889 bits per heavy atom. The summed E-state index contributed by atoms with van der Waals surface area (Å²) in [4.78, 5) is 0. The summed E-state index contributed by atoms with van der Waals surface area (Å²) in [6.45, 7) is 4.42. The van der Waals surface area contributed by atoms with Gasteiger partial charge in [-0.3, -0.25) is 0 Å². The van der Waals surface area contributed by atoms with E-state index in [2.05, 4.69) is 0 Å². The molecule has 0 fully saturated rings. The molecule has 0 spiro atoms. The van der Waals surface area contributed by atoms with Crippen molar-refractivity contribution in [2.24, 2.45) is 0 Å². The SMILES string of the molecule is CC(c1c(F)c(F)c(F)c(F)c1F)C(C)(C)O[SiH3]. The summed E-state index contributed by atoms with van der Waals surface area (Å²) < 4.78 is 71.3. The van der Waals surface area contributed by atoms with Crippen LogP contribution < -0.4 is 0 Å². The van der Waals surface area contributed by atoms with Gasteiger partial charge in [0.1, 0.15) is 10.5 Å². The van der Waals surface area contributed by atoms with E-state index in [1.165, 1.54) is 20.8 Å². The van der Waals surface area contributed by atoms with Gasteiger partial charge in [0.2, 0.25) is 5.82 Å². The van der Waals surface area contributed by atoms with Crippen LogP contribution in [0, 0.1) is 29.1 Å². The molecule has 1 nitrogen and oxygen atoms in total.